The van der Waals surface area contributed by atoms with Crippen LogP contribution in [0.25, 0.3) is 0 Å². The number of likely N-dealkylation sites (N-methyl/N-ethyl adjacent to an activating group) is 1. The van der Waals surface area contributed by atoms with E-state index < -0.39 is 5.54 Å². The molecule has 0 aromatic carbocycles. The average molecular weight is 284 g/mol. The molecule has 1 aliphatic rings. The van der Waals surface area contributed by atoms with Gasteiger partial charge in [-0.15, -0.1) is 0 Å². The van der Waals surface area contributed by atoms with E-state index in [4.69, 9.17) is 4.74 Å². The van der Waals surface area contributed by atoms with Crippen molar-refractivity contribution in [1.82, 2.24) is 10.2 Å². The maximum atomic E-state index is 12.0. The number of carbonyl (C=O) groups is 1. The van der Waals surface area contributed by atoms with Gasteiger partial charge in [0.05, 0.1) is 6.61 Å². The van der Waals surface area contributed by atoms with Gasteiger partial charge in [0.15, 0.2) is 0 Å². The number of hydrogen-bond donors (Lipinski definition) is 1. The second-order valence-electron chi connectivity index (χ2n) is 6.27. The Morgan fingerprint density at radius 2 is 1.95 bits per heavy atom. The molecule has 3 atom stereocenters. The lowest BCUT2D eigenvalue weighted by molar-refractivity contribution is -0.150. The van der Waals surface area contributed by atoms with Crippen molar-refractivity contribution in [2.45, 2.75) is 77.4 Å². The van der Waals surface area contributed by atoms with Crippen molar-refractivity contribution in [2.24, 2.45) is 0 Å². The molecule has 0 aromatic rings. The molecule has 1 rings (SSSR count). The van der Waals surface area contributed by atoms with E-state index in [1.165, 1.54) is 19.3 Å². The second kappa shape index (κ2) is 7.99. The van der Waals surface area contributed by atoms with Gasteiger partial charge in [-0.1, -0.05) is 6.42 Å². The van der Waals surface area contributed by atoms with Gasteiger partial charge < -0.3 is 10.1 Å². The summed E-state index contributed by atoms with van der Waals surface area (Å²) in [4.78, 5) is 14.6. The number of piperidine rings is 1. The van der Waals surface area contributed by atoms with Gasteiger partial charge in [-0.25, -0.2) is 0 Å². The number of esters is 1. The van der Waals surface area contributed by atoms with Crippen molar-refractivity contribution in [2.75, 3.05) is 20.2 Å². The van der Waals surface area contributed by atoms with E-state index in [1.807, 2.05) is 20.9 Å². The van der Waals surface area contributed by atoms with Crippen molar-refractivity contribution in [1.29, 1.82) is 0 Å². The molecule has 1 heterocycles. The highest BCUT2D eigenvalue weighted by atomic mass is 16.5. The van der Waals surface area contributed by atoms with Gasteiger partial charge in [0, 0.05) is 12.1 Å². The summed E-state index contributed by atoms with van der Waals surface area (Å²) in [6.07, 6.45) is 5.77. The van der Waals surface area contributed by atoms with E-state index in [0.717, 1.165) is 19.4 Å². The van der Waals surface area contributed by atoms with Crippen LogP contribution in [0.3, 0.4) is 0 Å². The number of nitrogens with zero attached hydrogens (tertiary/aromatic N) is 1. The lowest BCUT2D eigenvalue weighted by Gasteiger charge is -2.39. The van der Waals surface area contributed by atoms with Gasteiger partial charge in [-0.05, 0) is 67.0 Å². The predicted molar refractivity (Wildman–Crippen MR) is 82.8 cm³/mol. The molecule has 0 radical (unpaired) electrons. The summed E-state index contributed by atoms with van der Waals surface area (Å²) in [5, 5.41) is 3.13. The lowest BCUT2D eigenvalue weighted by atomic mass is 9.93. The summed E-state index contributed by atoms with van der Waals surface area (Å²) < 4.78 is 5.17. The third kappa shape index (κ3) is 4.45. The Morgan fingerprint density at radius 3 is 2.45 bits per heavy atom. The van der Waals surface area contributed by atoms with Gasteiger partial charge in [-0.3, -0.25) is 9.69 Å². The topological polar surface area (TPSA) is 41.6 Å². The largest absolute Gasteiger partial charge is 0.465 e. The molecule has 0 bridgehead atoms. The van der Waals surface area contributed by atoms with Crippen molar-refractivity contribution in [3.05, 3.63) is 0 Å². The summed E-state index contributed by atoms with van der Waals surface area (Å²) in [5.41, 5.74) is -0.557. The minimum Gasteiger partial charge on any atom is -0.465 e. The number of hydrogen-bond acceptors (Lipinski definition) is 4. The van der Waals surface area contributed by atoms with Crippen LogP contribution in [-0.4, -0.2) is 48.7 Å². The zero-order valence-electron chi connectivity index (χ0n) is 13.9. The molecule has 0 spiro atoms. The van der Waals surface area contributed by atoms with E-state index >= 15 is 0 Å². The Balaban J connectivity index is 2.46. The predicted octanol–water partition coefficient (Wildman–Crippen LogP) is 2.57. The van der Waals surface area contributed by atoms with Gasteiger partial charge in [0.1, 0.15) is 5.54 Å². The van der Waals surface area contributed by atoms with Crippen LogP contribution in [0.15, 0.2) is 0 Å². The fraction of sp³-hybridized carbons (Fsp3) is 0.938. The van der Waals surface area contributed by atoms with Gasteiger partial charge >= 0.3 is 5.97 Å². The summed E-state index contributed by atoms with van der Waals surface area (Å²) in [6, 6.07) is 1.34. The summed E-state index contributed by atoms with van der Waals surface area (Å²) in [6.45, 7) is 9.94. The van der Waals surface area contributed by atoms with Crippen LogP contribution in [0.4, 0.5) is 0 Å². The molecule has 1 N–H and O–H groups in total. The summed E-state index contributed by atoms with van der Waals surface area (Å²) in [5.74, 6) is -0.137. The van der Waals surface area contributed by atoms with Crippen LogP contribution in [0.2, 0.25) is 0 Å². The monoisotopic (exact) mass is 284 g/mol. The molecule has 1 saturated heterocycles. The number of carbonyl (C=O) groups excluding carboxylic acids is 1. The normalized spacial score (nSPS) is 27.1. The number of nitrogens with one attached hydrogen (secondary N) is 1. The van der Waals surface area contributed by atoms with Gasteiger partial charge in [0.2, 0.25) is 0 Å². The molecule has 20 heavy (non-hydrogen) atoms. The maximum absolute atomic E-state index is 12.0. The van der Waals surface area contributed by atoms with Crippen LogP contribution in [0, 0.1) is 0 Å². The molecule has 0 aliphatic carbocycles. The van der Waals surface area contributed by atoms with E-state index in [9.17, 15) is 4.79 Å². The van der Waals surface area contributed by atoms with Crippen LogP contribution in [0.1, 0.15) is 59.8 Å². The van der Waals surface area contributed by atoms with Crippen LogP contribution >= 0.6 is 0 Å². The Labute approximate surface area is 124 Å². The lowest BCUT2D eigenvalue weighted by Crippen LogP contribution is -2.50. The quantitative estimate of drug-likeness (QED) is 0.730. The Kier molecular flexibility index (Phi) is 6.96. The molecule has 4 heteroatoms. The minimum absolute atomic E-state index is 0.137. The number of ether oxygens (including phenoxy) is 1. The first-order chi connectivity index (χ1) is 9.44. The minimum atomic E-state index is -0.557. The molecule has 3 unspecified atom stereocenters. The number of likely N-dealkylation sites (tertiary alicyclic amines) is 1. The van der Waals surface area contributed by atoms with E-state index in [1.54, 1.807) is 0 Å². The molecule has 0 aromatic heterocycles. The first kappa shape index (κ1) is 17.4. The third-order valence-electron chi connectivity index (χ3n) is 4.75. The first-order valence-electron chi connectivity index (χ1n) is 8.06. The fourth-order valence-electron chi connectivity index (χ4n) is 3.15. The molecule has 4 nitrogen and oxygen atoms in total. The highest BCUT2D eigenvalue weighted by Gasteiger charge is 2.33. The van der Waals surface area contributed by atoms with E-state index in [0.29, 0.717) is 18.7 Å². The molecule has 118 valence electrons. The van der Waals surface area contributed by atoms with E-state index in [-0.39, 0.29) is 5.97 Å². The molecule has 1 aliphatic heterocycles. The zero-order chi connectivity index (χ0) is 15.2. The van der Waals surface area contributed by atoms with Crippen LogP contribution in [0.5, 0.6) is 0 Å². The van der Waals surface area contributed by atoms with Crippen molar-refractivity contribution in [3.63, 3.8) is 0 Å². The maximum Gasteiger partial charge on any atom is 0.326 e. The first-order valence-corrected chi connectivity index (χ1v) is 8.06. The van der Waals surface area contributed by atoms with Crippen LogP contribution < -0.4 is 5.32 Å². The zero-order valence-corrected chi connectivity index (χ0v) is 13.9. The SMILES string of the molecule is CCOC(=O)C(C)(CCCN1C(C)CCCC1C)NC. The van der Waals surface area contributed by atoms with Gasteiger partial charge in [0.25, 0.3) is 0 Å². The van der Waals surface area contributed by atoms with E-state index in [2.05, 4.69) is 24.1 Å². The van der Waals surface area contributed by atoms with Crippen LogP contribution in [-0.2, 0) is 9.53 Å². The third-order valence-corrected chi connectivity index (χ3v) is 4.75. The highest BCUT2D eigenvalue weighted by molar-refractivity contribution is 5.80. The molecular weight excluding hydrogens is 252 g/mol. The fourth-order valence-corrected chi connectivity index (χ4v) is 3.15. The Hall–Kier alpha value is -0.610. The smallest absolute Gasteiger partial charge is 0.326 e. The Morgan fingerprint density at radius 1 is 1.35 bits per heavy atom. The molecule has 0 amide bonds. The Bertz CT molecular complexity index is 299. The standard InChI is InChI=1S/C16H32N2O2/c1-6-20-15(19)16(4,17-5)11-8-12-18-13(2)9-7-10-14(18)3/h13-14,17H,6-12H2,1-5H3. The molecular formula is C16H32N2O2. The van der Waals surface area contributed by atoms with Gasteiger partial charge in [-0.2, -0.15) is 0 Å². The molecule has 1 fully saturated rings. The van der Waals surface area contributed by atoms with Crippen molar-refractivity contribution >= 4 is 5.97 Å². The summed E-state index contributed by atoms with van der Waals surface area (Å²) >= 11 is 0. The average Bonchev–Trinajstić information content (AvgIpc) is 2.42. The highest BCUT2D eigenvalue weighted by Crippen LogP contribution is 2.24. The molecule has 0 saturated carbocycles. The van der Waals surface area contributed by atoms with Crippen molar-refractivity contribution < 1.29 is 9.53 Å². The number of rotatable bonds is 7. The summed E-state index contributed by atoms with van der Waals surface area (Å²) in [7, 11) is 1.84. The van der Waals surface area contributed by atoms with Crippen molar-refractivity contribution in [3.8, 4) is 0 Å². The second-order valence-corrected chi connectivity index (χ2v) is 6.27.